The number of rotatable bonds is 3. The van der Waals surface area contributed by atoms with Crippen LogP contribution in [0.5, 0.6) is 11.5 Å². The van der Waals surface area contributed by atoms with Gasteiger partial charge in [-0.2, -0.15) is 5.10 Å². The zero-order chi connectivity index (χ0) is 19.8. The number of halogens is 2. The van der Waals surface area contributed by atoms with Crippen molar-refractivity contribution in [2.45, 2.75) is 19.4 Å². The largest absolute Gasteiger partial charge is 0.507 e. The first kappa shape index (κ1) is 18.3. The number of carbonyl (C=O) groups is 1. The van der Waals surface area contributed by atoms with Gasteiger partial charge in [-0.15, -0.1) is 0 Å². The second kappa shape index (κ2) is 7.16. The van der Waals surface area contributed by atoms with E-state index in [-0.39, 0.29) is 34.7 Å². The Morgan fingerprint density at radius 2 is 2.07 bits per heavy atom. The van der Waals surface area contributed by atoms with E-state index in [9.17, 15) is 19.4 Å². The molecule has 1 amide bonds. The Labute approximate surface area is 165 Å². The molecule has 0 atom stereocenters. The van der Waals surface area contributed by atoms with Crippen LogP contribution in [0, 0.1) is 5.82 Å². The summed E-state index contributed by atoms with van der Waals surface area (Å²) in [5.41, 5.74) is 3.15. The molecule has 1 aliphatic heterocycles. The van der Waals surface area contributed by atoms with Gasteiger partial charge in [0, 0.05) is 42.4 Å². The van der Waals surface area contributed by atoms with Gasteiger partial charge in [-0.05, 0) is 23.8 Å². The van der Waals surface area contributed by atoms with Gasteiger partial charge in [0.2, 0.25) is 5.91 Å². The first-order chi connectivity index (χ1) is 13.4. The summed E-state index contributed by atoms with van der Waals surface area (Å²) in [6.07, 6.45) is 0.695. The van der Waals surface area contributed by atoms with Crippen molar-refractivity contribution >= 4 is 17.5 Å². The summed E-state index contributed by atoms with van der Waals surface area (Å²) in [5.74, 6) is -0.863. The Hall–Kier alpha value is -3.06. The summed E-state index contributed by atoms with van der Waals surface area (Å²) in [4.78, 5) is 14.4. The lowest BCUT2D eigenvalue weighted by atomic mass is 9.99. The monoisotopic (exact) mass is 401 g/mol. The third kappa shape index (κ3) is 3.41. The predicted molar refractivity (Wildman–Crippen MR) is 102 cm³/mol. The SMILES string of the molecule is O=C(Cc1cccc(F)c1)N1CCc2[nH]nc(-c3cc(Cl)c(O)cc3O)c2C1. The van der Waals surface area contributed by atoms with Gasteiger partial charge < -0.3 is 15.1 Å². The summed E-state index contributed by atoms with van der Waals surface area (Å²) in [6.45, 7) is 0.832. The van der Waals surface area contributed by atoms with E-state index in [4.69, 9.17) is 11.6 Å². The topological polar surface area (TPSA) is 89.5 Å². The quantitative estimate of drug-likeness (QED) is 0.627. The van der Waals surface area contributed by atoms with Crippen LogP contribution in [-0.4, -0.2) is 37.8 Å². The lowest BCUT2D eigenvalue weighted by molar-refractivity contribution is -0.131. The van der Waals surface area contributed by atoms with E-state index in [1.807, 2.05) is 0 Å². The predicted octanol–water partition coefficient (Wildman–Crippen LogP) is 3.41. The highest BCUT2D eigenvalue weighted by Gasteiger charge is 2.27. The number of hydrogen-bond acceptors (Lipinski definition) is 4. The number of phenols is 2. The number of aromatic hydroxyl groups is 2. The number of phenolic OH excluding ortho intramolecular Hbond substituents is 2. The van der Waals surface area contributed by atoms with E-state index in [0.717, 1.165) is 17.3 Å². The van der Waals surface area contributed by atoms with E-state index in [2.05, 4.69) is 10.2 Å². The molecule has 6 nitrogen and oxygen atoms in total. The molecule has 0 bridgehead atoms. The highest BCUT2D eigenvalue weighted by atomic mass is 35.5. The van der Waals surface area contributed by atoms with Crippen LogP contribution in [0.4, 0.5) is 4.39 Å². The minimum atomic E-state index is -0.372. The summed E-state index contributed by atoms with van der Waals surface area (Å²) in [6, 6.07) is 8.60. The Morgan fingerprint density at radius 1 is 1.25 bits per heavy atom. The lowest BCUT2D eigenvalue weighted by Gasteiger charge is -2.27. The fraction of sp³-hybridized carbons (Fsp3) is 0.200. The third-order valence-corrected chi connectivity index (χ3v) is 5.15. The van der Waals surface area contributed by atoms with Gasteiger partial charge in [0.1, 0.15) is 23.0 Å². The fourth-order valence-electron chi connectivity index (χ4n) is 3.40. The smallest absolute Gasteiger partial charge is 0.227 e. The number of amides is 1. The second-order valence-corrected chi connectivity index (χ2v) is 7.13. The normalized spacial score (nSPS) is 13.4. The maximum absolute atomic E-state index is 13.4. The van der Waals surface area contributed by atoms with Crippen molar-refractivity contribution in [1.82, 2.24) is 15.1 Å². The molecule has 144 valence electrons. The molecule has 1 aromatic heterocycles. The van der Waals surface area contributed by atoms with Gasteiger partial charge >= 0.3 is 0 Å². The van der Waals surface area contributed by atoms with Gasteiger partial charge in [-0.25, -0.2) is 4.39 Å². The van der Waals surface area contributed by atoms with Gasteiger partial charge in [-0.3, -0.25) is 9.89 Å². The average molecular weight is 402 g/mol. The van der Waals surface area contributed by atoms with E-state index < -0.39 is 0 Å². The molecule has 0 saturated heterocycles. The number of nitrogens with zero attached hydrogens (tertiary/aromatic N) is 2. The van der Waals surface area contributed by atoms with Gasteiger partial charge in [0.25, 0.3) is 0 Å². The number of hydrogen-bond donors (Lipinski definition) is 3. The number of nitrogens with one attached hydrogen (secondary N) is 1. The zero-order valence-corrected chi connectivity index (χ0v) is 15.5. The molecule has 0 saturated carbocycles. The molecule has 2 heterocycles. The van der Waals surface area contributed by atoms with Crippen LogP contribution >= 0.6 is 11.6 Å². The van der Waals surface area contributed by atoms with E-state index >= 15 is 0 Å². The fourth-order valence-corrected chi connectivity index (χ4v) is 3.57. The highest BCUT2D eigenvalue weighted by molar-refractivity contribution is 6.32. The zero-order valence-electron chi connectivity index (χ0n) is 14.7. The summed E-state index contributed by atoms with van der Waals surface area (Å²) >= 11 is 5.97. The molecule has 0 spiro atoms. The Kier molecular flexibility index (Phi) is 4.68. The Morgan fingerprint density at radius 3 is 2.86 bits per heavy atom. The molecule has 8 heteroatoms. The molecule has 3 N–H and O–H groups in total. The van der Waals surface area contributed by atoms with Crippen LogP contribution in [0.25, 0.3) is 11.3 Å². The molecule has 3 aromatic rings. The number of H-pyrrole nitrogens is 1. The van der Waals surface area contributed by atoms with E-state index in [1.165, 1.54) is 18.2 Å². The van der Waals surface area contributed by atoms with Crippen molar-refractivity contribution < 1.29 is 19.4 Å². The van der Waals surface area contributed by atoms with Crippen LogP contribution in [-0.2, 0) is 24.2 Å². The Balaban J connectivity index is 1.60. The number of carbonyl (C=O) groups excluding carboxylic acids is 1. The maximum Gasteiger partial charge on any atom is 0.227 e. The first-order valence-corrected chi connectivity index (χ1v) is 9.10. The average Bonchev–Trinajstić information content (AvgIpc) is 3.07. The highest BCUT2D eigenvalue weighted by Crippen LogP contribution is 2.39. The first-order valence-electron chi connectivity index (χ1n) is 8.72. The molecule has 2 aromatic carbocycles. The molecule has 0 aliphatic carbocycles. The maximum atomic E-state index is 13.4. The van der Waals surface area contributed by atoms with E-state index in [0.29, 0.717) is 36.3 Å². The minimum absolute atomic E-state index is 0.0967. The van der Waals surface area contributed by atoms with Crippen molar-refractivity contribution in [2.75, 3.05) is 6.54 Å². The second-order valence-electron chi connectivity index (χ2n) is 6.72. The summed E-state index contributed by atoms with van der Waals surface area (Å²) in [7, 11) is 0. The molecule has 28 heavy (non-hydrogen) atoms. The summed E-state index contributed by atoms with van der Waals surface area (Å²) in [5, 5.41) is 27.2. The molecule has 0 unspecified atom stereocenters. The lowest BCUT2D eigenvalue weighted by Crippen LogP contribution is -2.36. The summed E-state index contributed by atoms with van der Waals surface area (Å²) < 4.78 is 13.4. The van der Waals surface area contributed by atoms with Gasteiger partial charge in [0.15, 0.2) is 0 Å². The minimum Gasteiger partial charge on any atom is -0.507 e. The van der Waals surface area contributed by atoms with Crippen LogP contribution in [0.3, 0.4) is 0 Å². The van der Waals surface area contributed by atoms with Crippen LogP contribution in [0.1, 0.15) is 16.8 Å². The van der Waals surface area contributed by atoms with Gasteiger partial charge in [0.05, 0.1) is 11.4 Å². The number of aromatic nitrogens is 2. The standard InChI is InChI=1S/C20H17ClFN3O3/c21-15-8-13(17(26)9-18(15)27)20-14-10-25(5-4-16(14)23-24-20)19(28)7-11-2-1-3-12(22)6-11/h1-3,6,8-9,26-27H,4-5,7,10H2,(H,23,24). The number of aromatic amines is 1. The van der Waals surface area contributed by atoms with Crippen LogP contribution < -0.4 is 0 Å². The van der Waals surface area contributed by atoms with Crippen LogP contribution in [0.2, 0.25) is 5.02 Å². The van der Waals surface area contributed by atoms with Crippen molar-refractivity contribution in [3.05, 3.63) is 64.1 Å². The van der Waals surface area contributed by atoms with Crippen molar-refractivity contribution in [3.63, 3.8) is 0 Å². The number of benzene rings is 2. The van der Waals surface area contributed by atoms with Crippen molar-refractivity contribution in [3.8, 4) is 22.8 Å². The van der Waals surface area contributed by atoms with Crippen molar-refractivity contribution in [2.24, 2.45) is 0 Å². The molecule has 4 rings (SSSR count). The van der Waals surface area contributed by atoms with E-state index in [1.54, 1.807) is 17.0 Å². The third-order valence-electron chi connectivity index (χ3n) is 4.85. The Bertz CT molecular complexity index is 1070. The van der Waals surface area contributed by atoms with Crippen molar-refractivity contribution in [1.29, 1.82) is 0 Å². The van der Waals surface area contributed by atoms with Gasteiger partial charge in [-0.1, -0.05) is 23.7 Å². The molecule has 0 fully saturated rings. The molecular weight excluding hydrogens is 385 g/mol. The molecule has 0 radical (unpaired) electrons. The number of fused-ring (bicyclic) bond motifs is 1. The molecular formula is C20H17ClFN3O3. The van der Waals surface area contributed by atoms with Crippen LogP contribution in [0.15, 0.2) is 36.4 Å². The molecule has 1 aliphatic rings.